The Morgan fingerprint density at radius 1 is 0.607 bits per heavy atom. The van der Waals surface area contributed by atoms with Gasteiger partial charge >= 0.3 is 21.1 Å². The zero-order valence-corrected chi connectivity index (χ0v) is 37.3. The number of pyridine rings is 1. The van der Waals surface area contributed by atoms with Gasteiger partial charge in [-0.25, -0.2) is 9.97 Å². The Labute approximate surface area is 370 Å². The summed E-state index contributed by atoms with van der Waals surface area (Å²) < 4.78 is 4.60. The third kappa shape index (κ3) is 6.25. The predicted octanol–water partition coefficient (Wildman–Crippen LogP) is 13.8. The molecule has 4 heterocycles. The second-order valence-corrected chi connectivity index (χ2v) is 17.2. The summed E-state index contributed by atoms with van der Waals surface area (Å²) in [7, 11) is 0. The van der Waals surface area contributed by atoms with Gasteiger partial charge < -0.3 is 9.55 Å². The van der Waals surface area contributed by atoms with Crippen molar-refractivity contribution in [3.8, 4) is 45.1 Å². The molecule has 11 rings (SSSR count). The van der Waals surface area contributed by atoms with E-state index < -0.39 is 0 Å². The minimum atomic E-state index is -0.0169. The number of hydrogen-bond donors (Lipinski definition) is 0. The summed E-state index contributed by atoms with van der Waals surface area (Å²) in [5.41, 5.74) is 17.3. The van der Waals surface area contributed by atoms with Crippen LogP contribution in [0.25, 0.3) is 99.8 Å². The minimum absolute atomic E-state index is 0. The first-order valence-corrected chi connectivity index (χ1v) is 20.7. The van der Waals surface area contributed by atoms with Crippen molar-refractivity contribution in [3.05, 3.63) is 180 Å². The fraction of sp³-hybridized carbons (Fsp3) is 0.127. The van der Waals surface area contributed by atoms with Gasteiger partial charge in [0.15, 0.2) is 0 Å². The quantitative estimate of drug-likeness (QED) is 0.162. The number of hydrogen-bond acceptors (Lipinski definition) is 2. The van der Waals surface area contributed by atoms with Crippen LogP contribution in [0.15, 0.2) is 152 Å². The van der Waals surface area contributed by atoms with E-state index in [4.69, 9.17) is 15.0 Å². The molecule has 0 saturated heterocycles. The van der Waals surface area contributed by atoms with Gasteiger partial charge in [-0.2, -0.15) is 0 Å². The van der Waals surface area contributed by atoms with E-state index in [-0.39, 0.29) is 26.5 Å². The zero-order chi connectivity index (χ0) is 40.9. The molecule has 0 fully saturated rings. The summed E-state index contributed by atoms with van der Waals surface area (Å²) in [6, 6.07) is 56.1. The Bertz CT molecular complexity index is 3470. The molecule has 11 aromatic rings. The Morgan fingerprint density at radius 3 is 2.11 bits per heavy atom. The standard InChI is InChI=1S/C55H43N5.Pt/c1-33-27-34(2)51(35(3)28-33)37-29-45(36-22-24-41-42-25-23-38(55(4,5)6)32-48(42)60(47(41)30-36)50-21-12-13-26-56-50)53-49(31-37)59(39-15-8-7-9-16-39)54(58-53)44-19-14-18-43-40-17-10-11-20-46(40)57-52(43)44;/h7-29,31-32H,1-6H3;/q-2;+2. The van der Waals surface area contributed by atoms with E-state index in [1.807, 2.05) is 12.3 Å². The third-order valence-corrected chi connectivity index (χ3v) is 12.2. The number of imidazole rings is 1. The van der Waals surface area contributed by atoms with E-state index in [9.17, 15) is 0 Å². The molecule has 0 aliphatic carbocycles. The van der Waals surface area contributed by atoms with E-state index >= 15 is 0 Å². The molecule has 5 nitrogen and oxygen atoms in total. The van der Waals surface area contributed by atoms with Gasteiger partial charge in [-0.15, -0.1) is 34.8 Å². The molecule has 0 radical (unpaired) electrons. The van der Waals surface area contributed by atoms with Crippen LogP contribution in [0.2, 0.25) is 0 Å². The normalized spacial score (nSPS) is 12.0. The molecule has 0 atom stereocenters. The Balaban J connectivity index is 0.00000445. The van der Waals surface area contributed by atoms with Crippen LogP contribution in [0.4, 0.5) is 0 Å². The molecule has 0 saturated carbocycles. The fourth-order valence-electron chi connectivity index (χ4n) is 9.45. The van der Waals surface area contributed by atoms with E-state index in [2.05, 4.69) is 196 Å². The van der Waals surface area contributed by atoms with E-state index in [1.165, 1.54) is 33.2 Å². The molecule has 6 heteroatoms. The summed E-state index contributed by atoms with van der Waals surface area (Å²) in [6.07, 6.45) is 1.87. The summed E-state index contributed by atoms with van der Waals surface area (Å²) in [5, 5.41) is 4.58. The maximum Gasteiger partial charge on any atom is 2.00 e. The fourth-order valence-corrected chi connectivity index (χ4v) is 9.45. The van der Waals surface area contributed by atoms with E-state index in [0.29, 0.717) is 0 Å². The predicted molar refractivity (Wildman–Crippen MR) is 250 cm³/mol. The number of benzene rings is 7. The van der Waals surface area contributed by atoms with Crippen LogP contribution < -0.4 is 4.98 Å². The first kappa shape index (κ1) is 38.6. The second kappa shape index (κ2) is 14.6. The topological polar surface area (TPSA) is 49.7 Å². The molecule has 0 aliphatic heterocycles. The first-order valence-electron chi connectivity index (χ1n) is 20.7. The van der Waals surface area contributed by atoms with Crippen LogP contribution in [0, 0.1) is 26.8 Å². The zero-order valence-electron chi connectivity index (χ0n) is 35.0. The average Bonchev–Trinajstić information content (AvgIpc) is 3.92. The number of nitrogens with zero attached hydrogens (tertiary/aromatic N) is 5. The maximum atomic E-state index is 5.68. The van der Waals surface area contributed by atoms with Crippen LogP contribution in [0.1, 0.15) is 43.0 Å². The van der Waals surface area contributed by atoms with Gasteiger partial charge in [0.05, 0.1) is 11.0 Å². The number of fused-ring (bicyclic) bond motifs is 7. The summed E-state index contributed by atoms with van der Waals surface area (Å²) >= 11 is 0. The van der Waals surface area contributed by atoms with Gasteiger partial charge in [-0.05, 0) is 112 Å². The Kier molecular flexibility index (Phi) is 9.23. The number of aromatic nitrogens is 5. The number of aryl methyl sites for hydroxylation is 3. The first-order chi connectivity index (χ1) is 29.1. The molecule has 4 aromatic heterocycles. The molecular formula is C55H43N5Pt. The molecule has 0 bridgehead atoms. The van der Waals surface area contributed by atoms with Gasteiger partial charge in [0.1, 0.15) is 11.6 Å². The van der Waals surface area contributed by atoms with Crippen LogP contribution >= 0.6 is 0 Å². The van der Waals surface area contributed by atoms with Gasteiger partial charge in [-0.3, -0.25) is 4.57 Å². The monoisotopic (exact) mass is 968 g/mol. The molecule has 0 unspecified atom stereocenters. The molecule has 7 aromatic carbocycles. The van der Waals surface area contributed by atoms with Gasteiger partial charge in [-0.1, -0.05) is 134 Å². The molecule has 0 amide bonds. The number of rotatable bonds is 5. The molecule has 0 N–H and O–H groups in total. The van der Waals surface area contributed by atoms with Crippen LogP contribution in [0.3, 0.4) is 0 Å². The molecule has 61 heavy (non-hydrogen) atoms. The molecular weight excluding hydrogens is 926 g/mol. The van der Waals surface area contributed by atoms with Gasteiger partial charge in [0.25, 0.3) is 0 Å². The summed E-state index contributed by atoms with van der Waals surface area (Å²) in [4.78, 5) is 15.8. The minimum Gasteiger partial charge on any atom is -0.656 e. The van der Waals surface area contributed by atoms with Gasteiger partial charge in [0.2, 0.25) is 0 Å². The van der Waals surface area contributed by atoms with Crippen LogP contribution in [-0.4, -0.2) is 19.1 Å². The number of para-hydroxylation sites is 3. The smallest absolute Gasteiger partial charge is 0.656 e. The van der Waals surface area contributed by atoms with Crippen molar-refractivity contribution in [1.82, 2.24) is 24.1 Å². The van der Waals surface area contributed by atoms with Gasteiger partial charge in [0, 0.05) is 23.0 Å². The van der Waals surface area contributed by atoms with Crippen LogP contribution in [0.5, 0.6) is 0 Å². The van der Waals surface area contributed by atoms with Crippen molar-refractivity contribution in [2.24, 2.45) is 0 Å². The third-order valence-electron chi connectivity index (χ3n) is 12.2. The van der Waals surface area contributed by atoms with Crippen molar-refractivity contribution in [3.63, 3.8) is 0 Å². The largest absolute Gasteiger partial charge is 2.00 e. The SMILES string of the molecule is Cc1cc(C)c(-c2cc(-c3[c-]c4c(cc3)c3ccc(C(C)(C)C)cc3n4-c3ccccn3)c3nc(-c4cccc5c4[n-]c4ccccc45)n(-c4ccccc4)c3c2)c(C)c1.[Pt+2]. The Hall–Kier alpha value is -6.55. The van der Waals surface area contributed by atoms with Crippen molar-refractivity contribution in [2.45, 2.75) is 47.0 Å². The van der Waals surface area contributed by atoms with E-state index in [1.54, 1.807) is 0 Å². The van der Waals surface area contributed by atoms with Crippen molar-refractivity contribution < 1.29 is 21.1 Å². The Morgan fingerprint density at radius 2 is 1.34 bits per heavy atom. The van der Waals surface area contributed by atoms with Crippen molar-refractivity contribution in [2.75, 3.05) is 0 Å². The van der Waals surface area contributed by atoms with E-state index in [0.717, 1.165) is 88.8 Å². The van der Waals surface area contributed by atoms with Crippen molar-refractivity contribution in [1.29, 1.82) is 0 Å². The molecule has 0 aliphatic rings. The van der Waals surface area contributed by atoms with Crippen LogP contribution in [-0.2, 0) is 26.5 Å². The van der Waals surface area contributed by atoms with Crippen molar-refractivity contribution >= 4 is 54.6 Å². The summed E-state index contributed by atoms with van der Waals surface area (Å²) in [6.45, 7) is 13.4. The second-order valence-electron chi connectivity index (χ2n) is 17.2. The summed E-state index contributed by atoms with van der Waals surface area (Å²) in [5.74, 6) is 1.71. The average molecular weight is 969 g/mol. The maximum absolute atomic E-state index is 5.68. The molecule has 298 valence electrons. The molecule has 0 spiro atoms.